The second-order valence-corrected chi connectivity index (χ2v) is 8.94. The second kappa shape index (κ2) is 8.82. The number of hydrogen-bond acceptors (Lipinski definition) is 3. The molecule has 0 saturated heterocycles. The minimum absolute atomic E-state index is 0.238. The molecule has 1 amide bonds. The number of nitrogens with zero attached hydrogens (tertiary/aromatic N) is 2. The number of carbonyl (C=O) groups is 2. The monoisotopic (exact) mass is 454 g/mol. The summed E-state index contributed by atoms with van der Waals surface area (Å²) in [5.74, 6) is -0.757. The minimum atomic E-state index is -0.519. The molecule has 4 rings (SSSR count). The van der Waals surface area contributed by atoms with Gasteiger partial charge >= 0.3 is 5.97 Å². The lowest BCUT2D eigenvalue weighted by atomic mass is 10.0. The fourth-order valence-electron chi connectivity index (χ4n) is 4.70. The maximum absolute atomic E-state index is 13.6. The highest BCUT2D eigenvalue weighted by molar-refractivity contribution is 6.23. The Hall–Kier alpha value is -3.86. The molecular weight excluding hydrogens is 424 g/mol. The van der Waals surface area contributed by atoms with E-state index in [0.29, 0.717) is 16.8 Å². The van der Waals surface area contributed by atoms with Crippen LogP contribution in [0.1, 0.15) is 40.6 Å². The summed E-state index contributed by atoms with van der Waals surface area (Å²) < 4.78 is 7.25. The highest BCUT2D eigenvalue weighted by Crippen LogP contribution is 2.36. The lowest BCUT2D eigenvalue weighted by Gasteiger charge is -2.18. The summed E-state index contributed by atoms with van der Waals surface area (Å²) in [6.45, 7) is 12.0. The normalized spacial score (nSPS) is 15.0. The second-order valence-electron chi connectivity index (χ2n) is 8.94. The van der Waals surface area contributed by atoms with Crippen LogP contribution in [0.25, 0.3) is 11.8 Å². The molecule has 0 spiro atoms. The van der Waals surface area contributed by atoms with E-state index in [-0.39, 0.29) is 5.91 Å². The van der Waals surface area contributed by atoms with Crippen molar-refractivity contribution >= 4 is 23.6 Å². The van der Waals surface area contributed by atoms with Gasteiger partial charge in [-0.05, 0) is 83.0 Å². The van der Waals surface area contributed by atoms with Gasteiger partial charge in [-0.15, -0.1) is 0 Å². The summed E-state index contributed by atoms with van der Waals surface area (Å²) in [6, 6.07) is 16.1. The van der Waals surface area contributed by atoms with Crippen LogP contribution in [-0.2, 0) is 14.3 Å². The van der Waals surface area contributed by atoms with Crippen molar-refractivity contribution in [3.05, 3.63) is 99.0 Å². The van der Waals surface area contributed by atoms with Crippen LogP contribution < -0.4 is 4.90 Å². The standard InChI is InChI=1S/C29H30N2O3/c1-17-8-11-24(12-9-17)31-22(6)27(29(33)34-7)25(28(31)32)16-23-15-20(4)30(21(23)5)26-13-10-18(2)14-19(26)3/h8-16H,1-7H3/b25-16-. The third-order valence-corrected chi connectivity index (χ3v) is 6.45. The predicted octanol–water partition coefficient (Wildman–Crippen LogP) is 5.90. The number of anilines is 1. The van der Waals surface area contributed by atoms with Gasteiger partial charge in [0.1, 0.15) is 0 Å². The fraction of sp³-hybridized carbons (Fsp3) is 0.241. The molecule has 0 N–H and O–H groups in total. The first-order chi connectivity index (χ1) is 16.1. The number of hydrogen-bond donors (Lipinski definition) is 0. The molecule has 3 aromatic rings. The van der Waals surface area contributed by atoms with Crippen LogP contribution in [0.5, 0.6) is 0 Å². The number of amides is 1. The van der Waals surface area contributed by atoms with Crippen molar-refractivity contribution < 1.29 is 14.3 Å². The zero-order chi connectivity index (χ0) is 24.7. The van der Waals surface area contributed by atoms with Gasteiger partial charge < -0.3 is 9.30 Å². The summed E-state index contributed by atoms with van der Waals surface area (Å²) in [6.07, 6.45) is 1.81. The molecule has 0 unspecified atom stereocenters. The maximum atomic E-state index is 13.6. The van der Waals surface area contributed by atoms with Gasteiger partial charge in [0.15, 0.2) is 0 Å². The Balaban J connectivity index is 1.85. The average molecular weight is 455 g/mol. The van der Waals surface area contributed by atoms with Crippen LogP contribution in [0.3, 0.4) is 0 Å². The van der Waals surface area contributed by atoms with E-state index < -0.39 is 5.97 Å². The highest BCUT2D eigenvalue weighted by atomic mass is 16.5. The summed E-state index contributed by atoms with van der Waals surface area (Å²) in [7, 11) is 1.34. The molecule has 0 aliphatic carbocycles. The van der Waals surface area contributed by atoms with E-state index in [1.807, 2.05) is 57.2 Å². The van der Waals surface area contributed by atoms with Gasteiger partial charge in [0, 0.05) is 28.5 Å². The van der Waals surface area contributed by atoms with Crippen molar-refractivity contribution in [2.75, 3.05) is 12.0 Å². The molecule has 0 fully saturated rings. The quantitative estimate of drug-likeness (QED) is 0.364. The van der Waals surface area contributed by atoms with Crippen LogP contribution >= 0.6 is 0 Å². The van der Waals surface area contributed by atoms with Gasteiger partial charge in [0.2, 0.25) is 0 Å². The first-order valence-electron chi connectivity index (χ1n) is 11.3. The molecule has 0 bridgehead atoms. The smallest absolute Gasteiger partial charge is 0.340 e. The molecule has 2 heterocycles. The number of allylic oxidation sites excluding steroid dienone is 1. The molecular formula is C29H30N2O3. The third-order valence-electron chi connectivity index (χ3n) is 6.45. The van der Waals surface area contributed by atoms with Crippen molar-refractivity contribution in [3.8, 4) is 5.69 Å². The van der Waals surface area contributed by atoms with Crippen molar-refractivity contribution in [1.29, 1.82) is 0 Å². The summed E-state index contributed by atoms with van der Waals surface area (Å²) >= 11 is 0. The van der Waals surface area contributed by atoms with E-state index >= 15 is 0 Å². The third kappa shape index (κ3) is 3.87. The van der Waals surface area contributed by atoms with Gasteiger partial charge in [-0.3, -0.25) is 9.69 Å². The number of carbonyl (C=O) groups excluding carboxylic acids is 2. The van der Waals surface area contributed by atoms with Gasteiger partial charge in [-0.25, -0.2) is 4.79 Å². The van der Waals surface area contributed by atoms with Crippen LogP contribution in [0.15, 0.2) is 65.4 Å². The molecule has 174 valence electrons. The van der Waals surface area contributed by atoms with Crippen molar-refractivity contribution in [2.45, 2.75) is 41.5 Å². The SMILES string of the molecule is COC(=O)C1=C(C)N(c2ccc(C)cc2)C(=O)/C1=C\c1cc(C)n(-c2ccc(C)cc2C)c1C. The average Bonchev–Trinajstić information content (AvgIpc) is 3.20. The van der Waals surface area contributed by atoms with E-state index in [0.717, 1.165) is 33.9 Å². The molecule has 1 aliphatic rings. The lowest BCUT2D eigenvalue weighted by Crippen LogP contribution is -2.24. The molecule has 1 aliphatic heterocycles. The molecule has 5 heteroatoms. The topological polar surface area (TPSA) is 51.5 Å². The van der Waals surface area contributed by atoms with E-state index in [2.05, 4.69) is 36.6 Å². The molecule has 0 saturated carbocycles. The minimum Gasteiger partial charge on any atom is -0.465 e. The predicted molar refractivity (Wildman–Crippen MR) is 136 cm³/mol. The summed E-state index contributed by atoms with van der Waals surface area (Å²) in [5.41, 5.74) is 9.45. The number of aryl methyl sites for hydroxylation is 4. The molecule has 0 atom stereocenters. The summed E-state index contributed by atoms with van der Waals surface area (Å²) in [4.78, 5) is 27.9. The Morgan fingerprint density at radius 2 is 1.53 bits per heavy atom. The Kier molecular flexibility index (Phi) is 6.05. The maximum Gasteiger partial charge on any atom is 0.340 e. The lowest BCUT2D eigenvalue weighted by molar-refractivity contribution is -0.136. The molecule has 1 aromatic heterocycles. The zero-order valence-corrected chi connectivity index (χ0v) is 20.8. The Morgan fingerprint density at radius 1 is 0.882 bits per heavy atom. The Bertz CT molecular complexity index is 1370. The van der Waals surface area contributed by atoms with Crippen molar-refractivity contribution in [3.63, 3.8) is 0 Å². The Morgan fingerprint density at radius 3 is 2.15 bits per heavy atom. The van der Waals surface area contributed by atoms with E-state index in [9.17, 15) is 9.59 Å². The highest BCUT2D eigenvalue weighted by Gasteiger charge is 2.38. The van der Waals surface area contributed by atoms with Gasteiger partial charge in [0.25, 0.3) is 5.91 Å². The molecule has 0 radical (unpaired) electrons. The van der Waals surface area contributed by atoms with Gasteiger partial charge in [-0.1, -0.05) is 35.4 Å². The first kappa shape index (κ1) is 23.3. The number of rotatable bonds is 4. The van der Waals surface area contributed by atoms with Crippen LogP contribution in [0.2, 0.25) is 0 Å². The molecule has 34 heavy (non-hydrogen) atoms. The number of benzene rings is 2. The van der Waals surface area contributed by atoms with Crippen molar-refractivity contribution in [2.24, 2.45) is 0 Å². The fourth-order valence-corrected chi connectivity index (χ4v) is 4.70. The van der Waals surface area contributed by atoms with Crippen LogP contribution in [0, 0.1) is 34.6 Å². The van der Waals surface area contributed by atoms with Gasteiger partial charge in [0.05, 0.1) is 18.3 Å². The van der Waals surface area contributed by atoms with E-state index in [1.165, 1.54) is 18.2 Å². The van der Waals surface area contributed by atoms with Crippen molar-refractivity contribution in [1.82, 2.24) is 4.57 Å². The number of aromatic nitrogens is 1. The molecule has 5 nitrogen and oxygen atoms in total. The van der Waals surface area contributed by atoms with E-state index in [1.54, 1.807) is 11.8 Å². The van der Waals surface area contributed by atoms with Gasteiger partial charge in [-0.2, -0.15) is 0 Å². The van der Waals surface area contributed by atoms with Crippen LogP contribution in [0.4, 0.5) is 5.69 Å². The first-order valence-corrected chi connectivity index (χ1v) is 11.3. The van der Waals surface area contributed by atoms with Crippen LogP contribution in [-0.4, -0.2) is 23.6 Å². The number of ether oxygens (including phenoxy) is 1. The zero-order valence-electron chi connectivity index (χ0n) is 20.8. The Labute approximate surface area is 201 Å². The molecule has 2 aromatic carbocycles. The number of methoxy groups -OCH3 is 1. The number of esters is 1. The van der Waals surface area contributed by atoms with E-state index in [4.69, 9.17) is 4.74 Å². The largest absolute Gasteiger partial charge is 0.465 e. The summed E-state index contributed by atoms with van der Waals surface area (Å²) in [5, 5.41) is 0.